The summed E-state index contributed by atoms with van der Waals surface area (Å²) >= 11 is 0. The normalized spacial score (nSPS) is 17.2. The molecule has 0 spiro atoms. The Bertz CT molecular complexity index is 599. The van der Waals surface area contributed by atoms with Crippen LogP contribution in [0.3, 0.4) is 0 Å². The van der Waals surface area contributed by atoms with Gasteiger partial charge in [0.05, 0.1) is 26.4 Å². The molecule has 158 valence electrons. The highest BCUT2D eigenvalue weighted by Gasteiger charge is 2.17. The van der Waals surface area contributed by atoms with Crippen LogP contribution in [-0.4, -0.2) is 52.1 Å². The molecule has 1 aromatic rings. The van der Waals surface area contributed by atoms with E-state index in [1.807, 2.05) is 0 Å². The van der Waals surface area contributed by atoms with E-state index in [0.29, 0.717) is 31.6 Å². The maximum atomic E-state index is 6.12. The van der Waals surface area contributed by atoms with Gasteiger partial charge in [-0.05, 0) is 37.8 Å². The fraction of sp³-hybridized carbons (Fsp3) is 0.682. The van der Waals surface area contributed by atoms with Crippen LogP contribution in [0.25, 0.3) is 0 Å². The van der Waals surface area contributed by atoms with Crippen molar-refractivity contribution in [2.45, 2.75) is 40.7 Å². The maximum Gasteiger partial charge on any atom is 0.191 e. The third-order valence-corrected chi connectivity index (χ3v) is 4.46. The van der Waals surface area contributed by atoms with E-state index in [9.17, 15) is 0 Å². The summed E-state index contributed by atoms with van der Waals surface area (Å²) in [4.78, 5) is 4.72. The lowest BCUT2D eigenvalue weighted by Crippen LogP contribution is -2.39. The fourth-order valence-corrected chi connectivity index (χ4v) is 2.92. The SMILES string of the molecule is CCNC(=NCc1ccc(C)cc1OCC1CCOC1)NCCOCC(C)C. The quantitative estimate of drug-likeness (QED) is 0.345. The van der Waals surface area contributed by atoms with Crippen LogP contribution < -0.4 is 15.4 Å². The minimum Gasteiger partial charge on any atom is -0.493 e. The third kappa shape index (κ3) is 8.48. The Kier molecular flexibility index (Phi) is 10.1. The summed E-state index contributed by atoms with van der Waals surface area (Å²) in [6, 6.07) is 6.31. The van der Waals surface area contributed by atoms with Crippen molar-refractivity contribution < 1.29 is 14.2 Å². The summed E-state index contributed by atoms with van der Waals surface area (Å²) in [5, 5.41) is 6.61. The molecule has 0 saturated carbocycles. The number of nitrogens with zero attached hydrogens (tertiary/aromatic N) is 1. The lowest BCUT2D eigenvalue weighted by Gasteiger charge is -2.15. The number of nitrogens with one attached hydrogen (secondary N) is 2. The largest absolute Gasteiger partial charge is 0.493 e. The van der Waals surface area contributed by atoms with Crippen LogP contribution in [-0.2, 0) is 16.0 Å². The number of hydrogen-bond acceptors (Lipinski definition) is 4. The Morgan fingerprint density at radius 3 is 2.89 bits per heavy atom. The molecule has 0 amide bonds. The van der Waals surface area contributed by atoms with E-state index in [1.54, 1.807) is 0 Å². The molecule has 0 aliphatic carbocycles. The van der Waals surface area contributed by atoms with Crippen molar-refractivity contribution in [2.24, 2.45) is 16.8 Å². The predicted molar refractivity (Wildman–Crippen MR) is 114 cm³/mol. The Hall–Kier alpha value is -1.79. The molecule has 1 fully saturated rings. The van der Waals surface area contributed by atoms with Gasteiger partial charge >= 0.3 is 0 Å². The van der Waals surface area contributed by atoms with Gasteiger partial charge in [0, 0.05) is 37.8 Å². The van der Waals surface area contributed by atoms with Gasteiger partial charge in [0.25, 0.3) is 0 Å². The summed E-state index contributed by atoms with van der Waals surface area (Å²) in [7, 11) is 0. The molecule has 1 unspecified atom stereocenters. The van der Waals surface area contributed by atoms with Gasteiger partial charge in [0.1, 0.15) is 5.75 Å². The first kappa shape index (κ1) is 22.5. The summed E-state index contributed by atoms with van der Waals surface area (Å²) in [5.74, 6) is 2.76. The van der Waals surface area contributed by atoms with E-state index >= 15 is 0 Å². The van der Waals surface area contributed by atoms with Gasteiger partial charge in [-0.3, -0.25) is 0 Å². The van der Waals surface area contributed by atoms with Crippen LogP contribution >= 0.6 is 0 Å². The molecule has 1 aliphatic heterocycles. The lowest BCUT2D eigenvalue weighted by molar-refractivity contribution is 0.114. The number of guanidine groups is 1. The van der Waals surface area contributed by atoms with E-state index < -0.39 is 0 Å². The average molecular weight is 392 g/mol. The van der Waals surface area contributed by atoms with Crippen molar-refractivity contribution in [3.63, 3.8) is 0 Å². The molecule has 2 N–H and O–H groups in total. The van der Waals surface area contributed by atoms with Gasteiger partial charge in [-0.1, -0.05) is 26.0 Å². The van der Waals surface area contributed by atoms with Crippen LogP contribution in [0.5, 0.6) is 5.75 Å². The first-order chi connectivity index (χ1) is 13.6. The second kappa shape index (κ2) is 12.6. The zero-order valence-electron chi connectivity index (χ0n) is 17.9. The molecule has 28 heavy (non-hydrogen) atoms. The van der Waals surface area contributed by atoms with Crippen molar-refractivity contribution >= 4 is 5.96 Å². The van der Waals surface area contributed by atoms with Gasteiger partial charge in [-0.2, -0.15) is 0 Å². The third-order valence-electron chi connectivity index (χ3n) is 4.46. The minimum atomic E-state index is 0.488. The van der Waals surface area contributed by atoms with Crippen molar-refractivity contribution in [3.05, 3.63) is 29.3 Å². The summed E-state index contributed by atoms with van der Waals surface area (Å²) in [5.41, 5.74) is 2.29. The van der Waals surface area contributed by atoms with Crippen LogP contribution in [0, 0.1) is 18.8 Å². The van der Waals surface area contributed by atoms with Gasteiger partial charge in [-0.15, -0.1) is 0 Å². The van der Waals surface area contributed by atoms with Crippen LogP contribution in [0.4, 0.5) is 0 Å². The number of hydrogen-bond donors (Lipinski definition) is 2. The number of rotatable bonds is 11. The number of benzene rings is 1. The molecule has 0 aromatic heterocycles. The summed E-state index contributed by atoms with van der Waals surface area (Å²) in [6.07, 6.45) is 1.08. The average Bonchev–Trinajstić information content (AvgIpc) is 3.18. The smallest absolute Gasteiger partial charge is 0.191 e. The van der Waals surface area contributed by atoms with Crippen LogP contribution in [0.2, 0.25) is 0 Å². The fourth-order valence-electron chi connectivity index (χ4n) is 2.92. The molecule has 0 radical (unpaired) electrons. The molecule has 1 aliphatic rings. The molecular formula is C22H37N3O3. The number of aryl methyl sites for hydroxylation is 1. The highest BCUT2D eigenvalue weighted by atomic mass is 16.5. The van der Waals surface area contributed by atoms with Crippen molar-refractivity contribution in [1.29, 1.82) is 0 Å². The molecule has 1 saturated heterocycles. The van der Waals surface area contributed by atoms with Crippen LogP contribution in [0.1, 0.15) is 38.3 Å². The Balaban J connectivity index is 1.90. The minimum absolute atomic E-state index is 0.488. The first-order valence-corrected chi connectivity index (χ1v) is 10.5. The Labute approximate surface area is 170 Å². The number of ether oxygens (including phenoxy) is 3. The zero-order valence-corrected chi connectivity index (χ0v) is 17.9. The standard InChI is InChI=1S/C22H37N3O3/c1-5-23-22(24-9-11-27-14-17(2)3)25-13-20-7-6-18(4)12-21(20)28-16-19-8-10-26-15-19/h6-7,12,17,19H,5,8-11,13-16H2,1-4H3,(H2,23,24,25). The van der Waals surface area contributed by atoms with Gasteiger partial charge in [0.2, 0.25) is 0 Å². The molecule has 6 nitrogen and oxygen atoms in total. The van der Waals surface area contributed by atoms with E-state index in [2.05, 4.69) is 56.5 Å². The molecule has 1 heterocycles. The summed E-state index contributed by atoms with van der Waals surface area (Å²) in [6.45, 7) is 14.4. The molecule has 1 atom stereocenters. The highest BCUT2D eigenvalue weighted by Crippen LogP contribution is 2.23. The van der Waals surface area contributed by atoms with Gasteiger partial charge in [0.15, 0.2) is 5.96 Å². The van der Waals surface area contributed by atoms with Crippen molar-refractivity contribution in [2.75, 3.05) is 46.1 Å². The van der Waals surface area contributed by atoms with E-state index in [-0.39, 0.29) is 0 Å². The topological polar surface area (TPSA) is 64.1 Å². The Morgan fingerprint density at radius 1 is 1.32 bits per heavy atom. The van der Waals surface area contributed by atoms with Crippen LogP contribution in [0.15, 0.2) is 23.2 Å². The van der Waals surface area contributed by atoms with E-state index in [1.165, 1.54) is 5.56 Å². The highest BCUT2D eigenvalue weighted by molar-refractivity contribution is 5.79. The molecule has 0 bridgehead atoms. The molecule has 1 aromatic carbocycles. The zero-order chi connectivity index (χ0) is 20.2. The number of aliphatic imine (C=N–C) groups is 1. The second-order valence-corrected chi connectivity index (χ2v) is 7.74. The maximum absolute atomic E-state index is 6.12. The predicted octanol–water partition coefficient (Wildman–Crippen LogP) is 3.14. The van der Waals surface area contributed by atoms with E-state index in [0.717, 1.165) is 56.6 Å². The van der Waals surface area contributed by atoms with E-state index in [4.69, 9.17) is 19.2 Å². The summed E-state index contributed by atoms with van der Waals surface area (Å²) < 4.78 is 17.2. The molecule has 2 rings (SSSR count). The van der Waals surface area contributed by atoms with Crippen molar-refractivity contribution in [3.8, 4) is 5.75 Å². The molecule has 6 heteroatoms. The lowest BCUT2D eigenvalue weighted by atomic mass is 10.1. The first-order valence-electron chi connectivity index (χ1n) is 10.5. The Morgan fingerprint density at radius 2 is 2.18 bits per heavy atom. The van der Waals surface area contributed by atoms with Crippen molar-refractivity contribution in [1.82, 2.24) is 10.6 Å². The van der Waals surface area contributed by atoms with Gasteiger partial charge in [-0.25, -0.2) is 4.99 Å². The monoisotopic (exact) mass is 391 g/mol. The molecular weight excluding hydrogens is 354 g/mol. The second-order valence-electron chi connectivity index (χ2n) is 7.74. The van der Waals surface area contributed by atoms with Gasteiger partial charge < -0.3 is 24.8 Å².